The number of hydrogen-bond donors (Lipinski definition) is 3. The predicted octanol–water partition coefficient (Wildman–Crippen LogP) is 4.61. The second kappa shape index (κ2) is 11.3. The Labute approximate surface area is 243 Å². The Hall–Kier alpha value is -4.71. The molecule has 3 N–H and O–H groups in total. The second-order valence-corrected chi connectivity index (χ2v) is 10.9. The Kier molecular flexibility index (Phi) is 7.38. The summed E-state index contributed by atoms with van der Waals surface area (Å²) >= 11 is 0. The first-order valence-electron chi connectivity index (χ1n) is 14.1. The lowest BCUT2D eigenvalue weighted by molar-refractivity contribution is -0.148. The number of nitrogens with one attached hydrogen (secondary N) is 3. The van der Waals surface area contributed by atoms with E-state index in [1.165, 1.54) is 6.33 Å². The molecule has 0 unspecified atom stereocenters. The maximum absolute atomic E-state index is 13.6. The molecule has 1 aliphatic carbocycles. The predicted molar refractivity (Wildman–Crippen MR) is 158 cm³/mol. The Bertz CT molecular complexity index is 1700. The van der Waals surface area contributed by atoms with Gasteiger partial charge >= 0.3 is 0 Å². The van der Waals surface area contributed by atoms with Crippen molar-refractivity contribution in [2.45, 2.75) is 64.0 Å². The largest absolute Gasteiger partial charge is 0.368 e. The number of ether oxygens (including phenoxy) is 1. The van der Waals surface area contributed by atoms with Crippen LogP contribution >= 0.6 is 0 Å². The molecule has 1 amide bonds. The standard InChI is InChI=1S/C30H34N10O2/c1-18-14-25(39-38-18)36-24-15-22-6-5-13-31-27(22)28(37-24)21-9-11-30(42-4,12-10-21)29(41)35-19(2)23-7-8-26(32-16-23)40-20(3)33-17-34-40/h5-8,13-17,19,21H,9-12H2,1-4H3,(H,35,41)(H2,36,37,38,39)/t19-,21?,30?/m0/s1. The summed E-state index contributed by atoms with van der Waals surface area (Å²) in [7, 11) is 1.62. The summed E-state index contributed by atoms with van der Waals surface area (Å²) in [6, 6.07) is 11.5. The fourth-order valence-corrected chi connectivity index (χ4v) is 5.67. The number of methoxy groups -OCH3 is 1. The van der Waals surface area contributed by atoms with Crippen LogP contribution in [-0.4, -0.2) is 58.5 Å². The summed E-state index contributed by atoms with van der Waals surface area (Å²) in [6.07, 6.45) is 7.68. The number of aryl methyl sites for hydroxylation is 2. The summed E-state index contributed by atoms with van der Waals surface area (Å²) in [5, 5.41) is 18.9. The molecule has 0 radical (unpaired) electrons. The van der Waals surface area contributed by atoms with Gasteiger partial charge in [-0.3, -0.25) is 14.9 Å². The van der Waals surface area contributed by atoms with E-state index in [1.54, 1.807) is 24.2 Å². The minimum atomic E-state index is -0.915. The van der Waals surface area contributed by atoms with Crippen LogP contribution in [0.5, 0.6) is 0 Å². The molecule has 42 heavy (non-hydrogen) atoms. The maximum atomic E-state index is 13.6. The summed E-state index contributed by atoms with van der Waals surface area (Å²) in [5.41, 5.74) is 2.75. The van der Waals surface area contributed by atoms with Gasteiger partial charge in [-0.25, -0.2) is 15.0 Å². The third kappa shape index (κ3) is 5.32. The Morgan fingerprint density at radius 3 is 2.62 bits per heavy atom. The van der Waals surface area contributed by atoms with Gasteiger partial charge in [-0.1, -0.05) is 12.1 Å². The molecule has 1 aliphatic rings. The SMILES string of the molecule is COC1(C(=O)N[C@@H](C)c2ccc(-n3ncnc3C)nc2)CCC(c2nc(Nc3cc(C)[nH]n3)cc3cccnc23)CC1. The van der Waals surface area contributed by atoms with Crippen LogP contribution < -0.4 is 10.6 Å². The normalized spacial score (nSPS) is 19.5. The summed E-state index contributed by atoms with van der Waals surface area (Å²) in [4.78, 5) is 31.9. The lowest BCUT2D eigenvalue weighted by Gasteiger charge is -2.38. The van der Waals surface area contributed by atoms with E-state index in [1.807, 2.05) is 57.2 Å². The van der Waals surface area contributed by atoms with Crippen LogP contribution in [0.4, 0.5) is 11.6 Å². The van der Waals surface area contributed by atoms with Gasteiger partial charge in [0.2, 0.25) is 0 Å². The zero-order chi connectivity index (χ0) is 29.3. The molecule has 0 aromatic carbocycles. The average Bonchev–Trinajstić information content (AvgIpc) is 3.63. The minimum absolute atomic E-state index is 0.118. The van der Waals surface area contributed by atoms with Gasteiger partial charge in [0.25, 0.3) is 5.91 Å². The van der Waals surface area contributed by atoms with Gasteiger partial charge in [0, 0.05) is 42.6 Å². The van der Waals surface area contributed by atoms with Crippen molar-refractivity contribution >= 4 is 28.4 Å². The number of aromatic amines is 1. The van der Waals surface area contributed by atoms with Gasteiger partial charge in [-0.15, -0.1) is 0 Å². The highest BCUT2D eigenvalue weighted by Crippen LogP contribution is 2.41. The Morgan fingerprint density at radius 1 is 1.12 bits per heavy atom. The van der Waals surface area contributed by atoms with Crippen LogP contribution in [0.15, 0.2) is 55.1 Å². The van der Waals surface area contributed by atoms with Gasteiger partial charge in [0.05, 0.1) is 17.3 Å². The number of aromatic nitrogens is 8. The molecule has 0 saturated heterocycles. The molecular formula is C30H34N10O2. The van der Waals surface area contributed by atoms with Crippen molar-refractivity contribution in [2.75, 3.05) is 12.4 Å². The quantitative estimate of drug-likeness (QED) is 0.245. The van der Waals surface area contributed by atoms with Crippen molar-refractivity contribution in [3.05, 3.63) is 77.9 Å². The Morgan fingerprint density at radius 2 is 1.95 bits per heavy atom. The average molecular weight is 567 g/mol. The summed E-state index contributed by atoms with van der Waals surface area (Å²) in [5.74, 6) is 2.87. The first-order chi connectivity index (χ1) is 20.3. The highest BCUT2D eigenvalue weighted by molar-refractivity contribution is 5.86. The Balaban J connectivity index is 1.16. The topological polar surface area (TPSA) is 148 Å². The molecule has 12 heteroatoms. The van der Waals surface area contributed by atoms with Gasteiger partial charge < -0.3 is 15.4 Å². The number of fused-ring (bicyclic) bond motifs is 1. The molecule has 6 rings (SSSR count). The van der Waals surface area contributed by atoms with Gasteiger partial charge in [-0.05, 0) is 70.2 Å². The monoisotopic (exact) mass is 566 g/mol. The van der Waals surface area contributed by atoms with E-state index in [9.17, 15) is 4.79 Å². The van der Waals surface area contributed by atoms with E-state index in [0.717, 1.165) is 46.5 Å². The highest BCUT2D eigenvalue weighted by Gasteiger charge is 2.43. The molecule has 216 valence electrons. The third-order valence-corrected chi connectivity index (χ3v) is 8.11. The number of hydrogen-bond acceptors (Lipinski definition) is 9. The van der Waals surface area contributed by atoms with E-state index in [2.05, 4.69) is 40.9 Å². The molecule has 1 saturated carbocycles. The second-order valence-electron chi connectivity index (χ2n) is 10.9. The minimum Gasteiger partial charge on any atom is -0.368 e. The van der Waals surface area contributed by atoms with Crippen molar-refractivity contribution in [1.29, 1.82) is 0 Å². The van der Waals surface area contributed by atoms with Crippen LogP contribution in [0.1, 0.15) is 67.3 Å². The van der Waals surface area contributed by atoms with Gasteiger partial charge in [0.1, 0.15) is 23.6 Å². The summed E-state index contributed by atoms with van der Waals surface area (Å²) in [6.45, 7) is 5.77. The van der Waals surface area contributed by atoms with Gasteiger partial charge in [-0.2, -0.15) is 14.9 Å². The van der Waals surface area contributed by atoms with E-state index in [4.69, 9.17) is 9.72 Å². The molecule has 0 aliphatic heterocycles. The molecular weight excluding hydrogens is 532 g/mol. The molecule has 5 aromatic rings. The van der Waals surface area contributed by atoms with Crippen molar-refractivity contribution in [1.82, 2.24) is 45.2 Å². The number of carbonyl (C=O) groups excluding carboxylic acids is 1. The lowest BCUT2D eigenvalue weighted by Crippen LogP contribution is -2.50. The number of rotatable bonds is 8. The van der Waals surface area contributed by atoms with E-state index in [0.29, 0.717) is 30.3 Å². The third-order valence-electron chi connectivity index (χ3n) is 8.11. The van der Waals surface area contributed by atoms with Crippen LogP contribution in [0.2, 0.25) is 0 Å². The smallest absolute Gasteiger partial charge is 0.252 e. The molecule has 0 spiro atoms. The summed E-state index contributed by atoms with van der Waals surface area (Å²) < 4.78 is 7.60. The number of pyridine rings is 3. The van der Waals surface area contributed by atoms with E-state index >= 15 is 0 Å². The molecule has 1 fully saturated rings. The van der Waals surface area contributed by atoms with Crippen molar-refractivity contribution in [3.8, 4) is 5.82 Å². The van der Waals surface area contributed by atoms with Crippen molar-refractivity contribution in [3.63, 3.8) is 0 Å². The fourth-order valence-electron chi connectivity index (χ4n) is 5.67. The maximum Gasteiger partial charge on any atom is 0.252 e. The zero-order valence-corrected chi connectivity index (χ0v) is 24.1. The van der Waals surface area contributed by atoms with Gasteiger partial charge in [0.15, 0.2) is 11.6 Å². The van der Waals surface area contributed by atoms with Crippen LogP contribution in [0.3, 0.4) is 0 Å². The number of anilines is 2. The zero-order valence-electron chi connectivity index (χ0n) is 24.1. The lowest BCUT2D eigenvalue weighted by atomic mass is 9.76. The fraction of sp³-hybridized carbons (Fsp3) is 0.367. The van der Waals surface area contributed by atoms with Crippen molar-refractivity contribution in [2.24, 2.45) is 0 Å². The first-order valence-corrected chi connectivity index (χ1v) is 14.1. The molecule has 0 bridgehead atoms. The van der Waals surface area contributed by atoms with Crippen LogP contribution in [0.25, 0.3) is 16.7 Å². The molecule has 5 aromatic heterocycles. The number of nitrogens with zero attached hydrogens (tertiary/aromatic N) is 7. The molecule has 1 atom stereocenters. The van der Waals surface area contributed by atoms with Crippen molar-refractivity contribution < 1.29 is 9.53 Å². The van der Waals surface area contributed by atoms with Crippen LogP contribution in [-0.2, 0) is 9.53 Å². The van der Waals surface area contributed by atoms with E-state index < -0.39 is 5.60 Å². The first kappa shape index (κ1) is 27.5. The number of amides is 1. The number of carbonyl (C=O) groups is 1. The number of H-pyrrole nitrogens is 1. The highest BCUT2D eigenvalue weighted by atomic mass is 16.5. The molecule has 12 nitrogen and oxygen atoms in total. The van der Waals surface area contributed by atoms with E-state index in [-0.39, 0.29) is 17.9 Å². The van der Waals surface area contributed by atoms with Crippen LogP contribution in [0, 0.1) is 13.8 Å². The molecule has 5 heterocycles.